The number of pyridine rings is 1. The maximum Gasteiger partial charge on any atom is 0.165 e. The molecule has 5 heteroatoms. The molecular weight excluding hydrogens is 601 g/mol. The molecule has 49 heavy (non-hydrogen) atoms. The Kier molecular flexibility index (Phi) is 6.11. The second-order valence-electron chi connectivity index (χ2n) is 12.3. The van der Waals surface area contributed by atoms with Gasteiger partial charge in [0, 0.05) is 28.3 Å². The lowest BCUT2D eigenvalue weighted by Crippen LogP contribution is -2.00. The van der Waals surface area contributed by atoms with Crippen molar-refractivity contribution in [2.75, 3.05) is 0 Å². The second kappa shape index (κ2) is 10.9. The number of aromatic nitrogens is 4. The van der Waals surface area contributed by atoms with Crippen molar-refractivity contribution in [1.82, 2.24) is 19.9 Å². The largest absolute Gasteiger partial charge is 0.454 e. The molecule has 0 aliphatic carbocycles. The van der Waals surface area contributed by atoms with Gasteiger partial charge in [0.25, 0.3) is 0 Å². The van der Waals surface area contributed by atoms with Gasteiger partial charge in [-0.2, -0.15) is 0 Å². The average Bonchev–Trinajstić information content (AvgIpc) is 3.55. The van der Waals surface area contributed by atoms with Gasteiger partial charge >= 0.3 is 0 Å². The maximum absolute atomic E-state index is 6.53. The Morgan fingerprint density at radius 3 is 1.39 bits per heavy atom. The molecule has 0 radical (unpaired) electrons. The smallest absolute Gasteiger partial charge is 0.165 e. The molecule has 0 saturated carbocycles. The molecule has 3 aromatic heterocycles. The fourth-order valence-electron chi connectivity index (χ4n) is 6.96. The second-order valence-corrected chi connectivity index (χ2v) is 12.3. The third-order valence-corrected chi connectivity index (χ3v) is 9.35. The van der Waals surface area contributed by atoms with Gasteiger partial charge in [-0.25, -0.2) is 15.0 Å². The van der Waals surface area contributed by atoms with E-state index < -0.39 is 0 Å². The molecule has 7 aromatic carbocycles. The molecule has 0 amide bonds. The van der Waals surface area contributed by atoms with Crippen LogP contribution in [0.25, 0.3) is 99.7 Å². The summed E-state index contributed by atoms with van der Waals surface area (Å²) in [4.78, 5) is 19.8. The Morgan fingerprint density at radius 1 is 0.327 bits per heavy atom. The summed E-state index contributed by atoms with van der Waals surface area (Å²) in [7, 11) is 0. The Morgan fingerprint density at radius 2 is 0.776 bits per heavy atom. The molecule has 0 aliphatic heterocycles. The van der Waals surface area contributed by atoms with Gasteiger partial charge in [-0.05, 0) is 61.6 Å². The molecular formula is C44H26N4O. The summed E-state index contributed by atoms with van der Waals surface area (Å²) in [6, 6.07) is 52.2. The summed E-state index contributed by atoms with van der Waals surface area (Å²) in [5.74, 6) is 1.73. The van der Waals surface area contributed by atoms with E-state index in [1.807, 2.05) is 60.8 Å². The Labute approximate surface area is 281 Å². The summed E-state index contributed by atoms with van der Waals surface area (Å²) in [6.07, 6.45) is 1.84. The third-order valence-electron chi connectivity index (χ3n) is 9.35. The molecule has 0 aliphatic rings. The Balaban J connectivity index is 1.14. The molecule has 0 saturated heterocycles. The molecule has 0 unspecified atom stereocenters. The van der Waals surface area contributed by atoms with Gasteiger partial charge in [0.2, 0.25) is 0 Å². The highest BCUT2D eigenvalue weighted by molar-refractivity contribution is 6.28. The standard InChI is InChI=1S/C44H26N4O/c1-3-11-27(12-4-1)28-19-21-30(22-20-28)43-46-42(29-13-5-2-6-14-29)47-44(48-43)31-23-40-41(45-26-31)38-24-36-34-17-9-7-15-32(34)33-16-8-10-18-35(33)37(36)25-39(38)49-40/h1-26H. The lowest BCUT2D eigenvalue weighted by molar-refractivity contribution is 0.669. The minimum atomic E-state index is 0.535. The van der Waals surface area contributed by atoms with Crippen LogP contribution in [0.5, 0.6) is 0 Å². The van der Waals surface area contributed by atoms with Gasteiger partial charge in [0.15, 0.2) is 23.1 Å². The zero-order valence-corrected chi connectivity index (χ0v) is 26.2. The van der Waals surface area contributed by atoms with Crippen LogP contribution in [0.3, 0.4) is 0 Å². The molecule has 0 bridgehead atoms. The van der Waals surface area contributed by atoms with Gasteiger partial charge in [-0.15, -0.1) is 0 Å². The first-order valence-electron chi connectivity index (χ1n) is 16.3. The number of fused-ring (bicyclic) bond motifs is 9. The zero-order chi connectivity index (χ0) is 32.3. The number of hydrogen-bond acceptors (Lipinski definition) is 5. The van der Waals surface area contributed by atoms with E-state index in [0.717, 1.165) is 49.7 Å². The van der Waals surface area contributed by atoms with Crippen molar-refractivity contribution in [3.05, 3.63) is 158 Å². The van der Waals surface area contributed by atoms with Gasteiger partial charge in [-0.3, -0.25) is 4.98 Å². The van der Waals surface area contributed by atoms with Crippen LogP contribution in [0.2, 0.25) is 0 Å². The summed E-state index contributed by atoms with van der Waals surface area (Å²) in [5.41, 5.74) is 7.17. The highest BCUT2D eigenvalue weighted by Gasteiger charge is 2.17. The monoisotopic (exact) mass is 626 g/mol. The average molecular weight is 627 g/mol. The van der Waals surface area contributed by atoms with Crippen molar-refractivity contribution in [3.63, 3.8) is 0 Å². The lowest BCUT2D eigenvalue weighted by atomic mass is 9.93. The number of hydrogen-bond donors (Lipinski definition) is 0. The highest BCUT2D eigenvalue weighted by Crippen LogP contribution is 2.40. The number of nitrogens with zero attached hydrogens (tertiary/aromatic N) is 4. The predicted molar refractivity (Wildman–Crippen MR) is 199 cm³/mol. The molecule has 5 nitrogen and oxygen atoms in total. The van der Waals surface area contributed by atoms with E-state index in [0.29, 0.717) is 23.1 Å². The van der Waals surface area contributed by atoms with Crippen molar-refractivity contribution in [2.45, 2.75) is 0 Å². The van der Waals surface area contributed by atoms with Crippen molar-refractivity contribution >= 4 is 54.4 Å². The minimum Gasteiger partial charge on any atom is -0.454 e. The van der Waals surface area contributed by atoms with Crippen LogP contribution in [0.1, 0.15) is 0 Å². The Bertz CT molecular complexity index is 2860. The van der Waals surface area contributed by atoms with Crippen molar-refractivity contribution in [3.8, 4) is 45.3 Å². The van der Waals surface area contributed by atoms with Crippen molar-refractivity contribution in [1.29, 1.82) is 0 Å². The van der Waals surface area contributed by atoms with Gasteiger partial charge in [0.1, 0.15) is 11.1 Å². The highest BCUT2D eigenvalue weighted by atomic mass is 16.3. The predicted octanol–water partition coefficient (Wildman–Crippen LogP) is 11.3. The number of benzene rings is 7. The first-order valence-corrected chi connectivity index (χ1v) is 16.3. The fourth-order valence-corrected chi connectivity index (χ4v) is 6.96. The topological polar surface area (TPSA) is 64.7 Å². The van der Waals surface area contributed by atoms with E-state index in [4.69, 9.17) is 24.4 Å². The molecule has 228 valence electrons. The maximum atomic E-state index is 6.53. The Hall–Kier alpha value is -6.72. The van der Waals surface area contributed by atoms with Crippen LogP contribution in [-0.2, 0) is 0 Å². The van der Waals surface area contributed by atoms with E-state index in [2.05, 4.69) is 97.1 Å². The van der Waals surface area contributed by atoms with Gasteiger partial charge in [-0.1, -0.05) is 133 Å². The van der Waals surface area contributed by atoms with E-state index >= 15 is 0 Å². The summed E-state index contributed by atoms with van der Waals surface area (Å²) >= 11 is 0. The first kappa shape index (κ1) is 27.4. The number of furan rings is 1. The molecule has 0 atom stereocenters. The SMILES string of the molecule is c1ccc(-c2ccc(-c3nc(-c4ccccc4)nc(-c4cnc5c(c4)oc4cc6c7ccccc7c7ccccc7c6cc45)n3)cc2)cc1. The van der Waals surface area contributed by atoms with Gasteiger partial charge < -0.3 is 4.42 Å². The van der Waals surface area contributed by atoms with Crippen LogP contribution in [0.15, 0.2) is 162 Å². The molecule has 0 N–H and O–H groups in total. The first-order chi connectivity index (χ1) is 24.3. The molecule has 10 aromatic rings. The lowest BCUT2D eigenvalue weighted by Gasteiger charge is -2.10. The van der Waals surface area contributed by atoms with E-state index in [-0.39, 0.29) is 0 Å². The van der Waals surface area contributed by atoms with Crippen molar-refractivity contribution < 1.29 is 4.42 Å². The van der Waals surface area contributed by atoms with Crippen LogP contribution >= 0.6 is 0 Å². The zero-order valence-electron chi connectivity index (χ0n) is 26.2. The molecule has 0 spiro atoms. The van der Waals surface area contributed by atoms with Crippen molar-refractivity contribution in [2.24, 2.45) is 0 Å². The van der Waals surface area contributed by atoms with Crippen LogP contribution in [0, 0.1) is 0 Å². The van der Waals surface area contributed by atoms with E-state index in [1.54, 1.807) is 0 Å². The van der Waals surface area contributed by atoms with E-state index in [9.17, 15) is 0 Å². The van der Waals surface area contributed by atoms with E-state index in [1.165, 1.54) is 26.9 Å². The van der Waals surface area contributed by atoms with Crippen LogP contribution in [-0.4, -0.2) is 19.9 Å². The minimum absolute atomic E-state index is 0.535. The summed E-state index contributed by atoms with van der Waals surface area (Å²) < 4.78 is 6.53. The third kappa shape index (κ3) is 4.55. The molecule has 10 rings (SSSR count). The quantitative estimate of drug-likeness (QED) is 0.182. The fraction of sp³-hybridized carbons (Fsp3) is 0. The summed E-state index contributed by atoms with van der Waals surface area (Å²) in [5, 5.41) is 8.22. The number of rotatable bonds is 4. The normalized spacial score (nSPS) is 11.7. The van der Waals surface area contributed by atoms with Gasteiger partial charge in [0.05, 0.1) is 0 Å². The van der Waals surface area contributed by atoms with Crippen LogP contribution < -0.4 is 0 Å². The molecule has 0 fully saturated rings. The van der Waals surface area contributed by atoms with Crippen LogP contribution in [0.4, 0.5) is 0 Å². The molecule has 3 heterocycles. The summed E-state index contributed by atoms with van der Waals surface area (Å²) in [6.45, 7) is 0.